The number of benzene rings is 2. The fourth-order valence-corrected chi connectivity index (χ4v) is 5.16. The van der Waals surface area contributed by atoms with Crippen molar-refractivity contribution in [3.05, 3.63) is 71.5 Å². The van der Waals surface area contributed by atoms with Gasteiger partial charge in [-0.25, -0.2) is 4.98 Å². The number of piperazine rings is 1. The minimum atomic E-state index is -0.0501. The number of hydrogen-bond acceptors (Lipinski definition) is 5. The van der Waals surface area contributed by atoms with E-state index in [0.717, 1.165) is 71.3 Å². The molecule has 1 amide bonds. The van der Waals surface area contributed by atoms with Gasteiger partial charge < -0.3 is 25.4 Å². The number of rotatable bonds is 4. The Morgan fingerprint density at radius 1 is 0.971 bits per heavy atom. The lowest BCUT2D eigenvalue weighted by Crippen LogP contribution is -2.44. The number of aromatic amines is 1. The molecule has 4 heterocycles. The number of hydrogen-bond donors (Lipinski definition) is 3. The Morgan fingerprint density at radius 2 is 1.79 bits per heavy atom. The van der Waals surface area contributed by atoms with Gasteiger partial charge in [-0.2, -0.15) is 0 Å². The minimum Gasteiger partial charge on any atom is -0.368 e. The molecule has 7 nitrogen and oxygen atoms in total. The number of nitrogens with one attached hydrogen (secondary N) is 3. The van der Waals surface area contributed by atoms with Gasteiger partial charge in [-0.3, -0.25) is 4.79 Å². The van der Waals surface area contributed by atoms with Crippen molar-refractivity contribution in [3.8, 4) is 11.1 Å². The summed E-state index contributed by atoms with van der Waals surface area (Å²) >= 11 is 0. The molecule has 2 aromatic heterocycles. The van der Waals surface area contributed by atoms with Gasteiger partial charge in [0.1, 0.15) is 5.82 Å². The van der Waals surface area contributed by atoms with Gasteiger partial charge in [0.25, 0.3) is 5.91 Å². The second-order valence-electron chi connectivity index (χ2n) is 9.18. The molecule has 7 heteroatoms. The molecule has 0 saturated carbocycles. The summed E-state index contributed by atoms with van der Waals surface area (Å²) in [6.07, 6.45) is 1.91. The van der Waals surface area contributed by atoms with Crippen LogP contribution in [-0.2, 0) is 6.54 Å². The monoisotopic (exact) mass is 452 g/mol. The predicted octanol–water partition coefficient (Wildman–Crippen LogP) is 4.28. The summed E-state index contributed by atoms with van der Waals surface area (Å²) in [6.45, 7) is 6.74. The molecular weight excluding hydrogens is 424 g/mol. The van der Waals surface area contributed by atoms with Crippen LogP contribution < -0.4 is 15.5 Å². The highest BCUT2D eigenvalue weighted by atomic mass is 16.1. The lowest BCUT2D eigenvalue weighted by Gasteiger charge is -2.33. The van der Waals surface area contributed by atoms with Gasteiger partial charge in [0.2, 0.25) is 0 Å². The highest BCUT2D eigenvalue weighted by Gasteiger charge is 2.27. The van der Waals surface area contributed by atoms with Crippen LogP contribution in [0.15, 0.2) is 54.7 Å². The number of anilines is 3. The van der Waals surface area contributed by atoms with Crippen LogP contribution >= 0.6 is 0 Å². The number of para-hydroxylation sites is 1. The normalized spacial score (nSPS) is 16.1. The molecule has 6 rings (SSSR count). The van der Waals surface area contributed by atoms with Crippen molar-refractivity contribution in [2.45, 2.75) is 13.5 Å². The largest absolute Gasteiger partial charge is 0.368 e. The maximum Gasteiger partial charge on any atom is 0.254 e. The molecule has 3 N–H and O–H groups in total. The number of likely N-dealkylation sites (N-methyl/N-ethyl adjacent to an activating group) is 1. The summed E-state index contributed by atoms with van der Waals surface area (Å²) in [4.78, 5) is 25.7. The SMILES string of the molecule is Cc1[nH]c2ccccc2c1-c1ccc(Nc2ccc(N3CCN(C)CC3)cn2)c2c1CNC2=O. The Morgan fingerprint density at radius 3 is 2.59 bits per heavy atom. The van der Waals surface area contributed by atoms with Crippen LogP contribution in [0.1, 0.15) is 21.6 Å². The molecule has 0 aliphatic carbocycles. The highest BCUT2D eigenvalue weighted by Crippen LogP contribution is 2.39. The van der Waals surface area contributed by atoms with Gasteiger partial charge in [0.15, 0.2) is 0 Å². The zero-order chi connectivity index (χ0) is 23.2. The molecule has 0 spiro atoms. The van der Waals surface area contributed by atoms with E-state index < -0.39 is 0 Å². The number of carbonyl (C=O) groups is 1. The Bertz CT molecular complexity index is 1380. The van der Waals surface area contributed by atoms with Crippen molar-refractivity contribution >= 4 is 34.0 Å². The molecule has 2 aliphatic heterocycles. The van der Waals surface area contributed by atoms with Crippen LogP contribution in [0.2, 0.25) is 0 Å². The molecule has 1 saturated heterocycles. The first kappa shape index (κ1) is 20.7. The second-order valence-corrected chi connectivity index (χ2v) is 9.18. The molecule has 4 aromatic rings. The molecule has 0 radical (unpaired) electrons. The summed E-state index contributed by atoms with van der Waals surface area (Å²) in [7, 11) is 2.16. The van der Waals surface area contributed by atoms with Crippen LogP contribution in [-0.4, -0.2) is 54.0 Å². The number of carbonyl (C=O) groups excluding carboxylic acids is 1. The maximum atomic E-state index is 12.8. The molecule has 0 atom stereocenters. The zero-order valence-electron chi connectivity index (χ0n) is 19.5. The first-order valence-electron chi connectivity index (χ1n) is 11.8. The first-order chi connectivity index (χ1) is 16.6. The Kier molecular flexibility index (Phi) is 4.99. The van der Waals surface area contributed by atoms with Crippen molar-refractivity contribution in [2.24, 2.45) is 0 Å². The van der Waals surface area contributed by atoms with Gasteiger partial charge in [-0.05, 0) is 49.4 Å². The Labute approximate surface area is 198 Å². The number of aromatic nitrogens is 2. The van der Waals surface area contributed by atoms with E-state index >= 15 is 0 Å². The molecule has 34 heavy (non-hydrogen) atoms. The van der Waals surface area contributed by atoms with Crippen LogP contribution in [0.4, 0.5) is 17.2 Å². The quantitative estimate of drug-likeness (QED) is 0.431. The van der Waals surface area contributed by atoms with Crippen molar-refractivity contribution in [1.82, 2.24) is 20.2 Å². The maximum absolute atomic E-state index is 12.8. The Balaban J connectivity index is 1.33. The van der Waals surface area contributed by atoms with Crippen LogP contribution in [0.5, 0.6) is 0 Å². The van der Waals surface area contributed by atoms with Crippen molar-refractivity contribution in [3.63, 3.8) is 0 Å². The van der Waals surface area contributed by atoms with E-state index in [0.29, 0.717) is 12.1 Å². The summed E-state index contributed by atoms with van der Waals surface area (Å²) in [6, 6.07) is 16.5. The number of fused-ring (bicyclic) bond motifs is 2. The number of pyridine rings is 1. The molecule has 2 aromatic carbocycles. The molecular formula is C27H28N6O. The predicted molar refractivity (Wildman–Crippen MR) is 137 cm³/mol. The highest BCUT2D eigenvalue weighted by molar-refractivity contribution is 6.08. The number of amides is 1. The standard InChI is InChI=1S/C27H28N6O/c1-17-25(20-5-3-4-6-22(20)30-17)19-8-9-23(26-21(19)16-29-27(26)34)31-24-10-7-18(15-28-24)33-13-11-32(2)12-14-33/h3-10,15,30H,11-14,16H2,1-2H3,(H,28,31)(H,29,34). The van der Waals surface area contributed by atoms with E-state index in [1.807, 2.05) is 24.4 Å². The van der Waals surface area contributed by atoms with E-state index in [-0.39, 0.29) is 5.91 Å². The third-order valence-electron chi connectivity index (χ3n) is 7.01. The smallest absolute Gasteiger partial charge is 0.254 e. The molecule has 2 aliphatic rings. The van der Waals surface area contributed by atoms with Gasteiger partial charge in [-0.15, -0.1) is 0 Å². The van der Waals surface area contributed by atoms with Crippen LogP contribution in [0, 0.1) is 6.92 Å². The lowest BCUT2D eigenvalue weighted by molar-refractivity contribution is 0.0966. The summed E-state index contributed by atoms with van der Waals surface area (Å²) in [5, 5.41) is 7.58. The van der Waals surface area contributed by atoms with Crippen LogP contribution in [0.25, 0.3) is 22.0 Å². The van der Waals surface area contributed by atoms with Gasteiger partial charge >= 0.3 is 0 Å². The average Bonchev–Trinajstić information content (AvgIpc) is 3.40. The van der Waals surface area contributed by atoms with Crippen LogP contribution in [0.3, 0.4) is 0 Å². The van der Waals surface area contributed by atoms with E-state index in [4.69, 9.17) is 0 Å². The number of H-pyrrole nitrogens is 1. The molecule has 0 unspecified atom stereocenters. The second kappa shape index (κ2) is 8.18. The summed E-state index contributed by atoms with van der Waals surface area (Å²) in [5.74, 6) is 0.682. The summed E-state index contributed by atoms with van der Waals surface area (Å²) < 4.78 is 0. The van der Waals surface area contributed by atoms with E-state index in [2.05, 4.69) is 74.7 Å². The zero-order valence-corrected chi connectivity index (χ0v) is 19.5. The van der Waals surface area contributed by atoms with Crippen molar-refractivity contribution < 1.29 is 4.79 Å². The van der Waals surface area contributed by atoms with Crippen molar-refractivity contribution in [2.75, 3.05) is 43.4 Å². The number of aryl methyl sites for hydroxylation is 1. The van der Waals surface area contributed by atoms with E-state index in [1.54, 1.807) is 0 Å². The summed E-state index contributed by atoms with van der Waals surface area (Å²) in [5.41, 5.74) is 8.09. The topological polar surface area (TPSA) is 76.3 Å². The average molecular weight is 453 g/mol. The van der Waals surface area contributed by atoms with E-state index in [1.165, 1.54) is 5.39 Å². The first-order valence-corrected chi connectivity index (χ1v) is 11.8. The Hall–Kier alpha value is -3.84. The fourth-order valence-electron chi connectivity index (χ4n) is 5.16. The lowest BCUT2D eigenvalue weighted by atomic mass is 9.93. The van der Waals surface area contributed by atoms with Gasteiger partial charge in [0.05, 0.1) is 23.1 Å². The fraction of sp³-hybridized carbons (Fsp3) is 0.259. The molecule has 172 valence electrons. The molecule has 0 bridgehead atoms. The number of nitrogens with zero attached hydrogens (tertiary/aromatic N) is 3. The minimum absolute atomic E-state index is 0.0501. The van der Waals surface area contributed by atoms with E-state index in [9.17, 15) is 4.79 Å². The third kappa shape index (κ3) is 3.49. The molecule has 1 fully saturated rings. The van der Waals surface area contributed by atoms with Crippen molar-refractivity contribution in [1.29, 1.82) is 0 Å². The van der Waals surface area contributed by atoms with Gasteiger partial charge in [-0.1, -0.05) is 24.3 Å². The van der Waals surface area contributed by atoms with Gasteiger partial charge in [0, 0.05) is 54.9 Å². The third-order valence-corrected chi connectivity index (χ3v) is 7.01.